The molecule has 8 heteroatoms. The standard InChI is InChI=1S/C18H26N2O5S/c1-24-16-8-7-14(13-17(16)25-2)18(21)19-9-11-20(12-10-19)26(22,23)15-5-3-4-6-15/h7-8,13,15H,3-6,9-12H2,1-2H3. The van der Waals surface area contributed by atoms with Gasteiger partial charge in [0.15, 0.2) is 11.5 Å². The van der Waals surface area contributed by atoms with E-state index < -0.39 is 10.0 Å². The SMILES string of the molecule is COc1ccc(C(=O)N2CCN(S(=O)(=O)C3CCCC3)CC2)cc1OC. The maximum atomic E-state index is 12.7. The normalized spacial score (nSPS) is 19.5. The van der Waals surface area contributed by atoms with Crippen molar-refractivity contribution < 1.29 is 22.7 Å². The maximum Gasteiger partial charge on any atom is 0.254 e. The van der Waals surface area contributed by atoms with Crippen LogP contribution < -0.4 is 9.47 Å². The Morgan fingerprint density at radius 2 is 1.62 bits per heavy atom. The number of sulfonamides is 1. The van der Waals surface area contributed by atoms with E-state index >= 15 is 0 Å². The molecule has 1 heterocycles. The summed E-state index contributed by atoms with van der Waals surface area (Å²) in [4.78, 5) is 14.4. The molecule has 3 rings (SSSR count). The number of amides is 1. The zero-order valence-corrected chi connectivity index (χ0v) is 16.1. The molecular formula is C18H26N2O5S. The predicted molar refractivity (Wildman–Crippen MR) is 98.2 cm³/mol. The van der Waals surface area contributed by atoms with Gasteiger partial charge in [0.1, 0.15) is 0 Å². The van der Waals surface area contributed by atoms with Crippen LogP contribution in [0.1, 0.15) is 36.0 Å². The van der Waals surface area contributed by atoms with Gasteiger partial charge in [-0.1, -0.05) is 12.8 Å². The van der Waals surface area contributed by atoms with E-state index in [2.05, 4.69) is 0 Å². The highest BCUT2D eigenvalue weighted by atomic mass is 32.2. The van der Waals surface area contributed by atoms with Gasteiger partial charge in [-0.15, -0.1) is 0 Å². The molecule has 1 aromatic rings. The van der Waals surface area contributed by atoms with Crippen molar-refractivity contribution in [1.29, 1.82) is 0 Å². The van der Waals surface area contributed by atoms with Crippen molar-refractivity contribution in [1.82, 2.24) is 9.21 Å². The lowest BCUT2D eigenvalue weighted by Gasteiger charge is -2.35. The number of rotatable bonds is 5. The van der Waals surface area contributed by atoms with Gasteiger partial charge in [0.2, 0.25) is 10.0 Å². The Morgan fingerprint density at radius 1 is 1.00 bits per heavy atom. The van der Waals surface area contributed by atoms with Crippen molar-refractivity contribution in [3.63, 3.8) is 0 Å². The van der Waals surface area contributed by atoms with Gasteiger partial charge in [0.05, 0.1) is 19.5 Å². The van der Waals surface area contributed by atoms with Crippen molar-refractivity contribution in [2.24, 2.45) is 0 Å². The van der Waals surface area contributed by atoms with Crippen LogP contribution in [0.2, 0.25) is 0 Å². The summed E-state index contributed by atoms with van der Waals surface area (Å²) in [5, 5.41) is -0.240. The van der Waals surface area contributed by atoms with E-state index in [1.807, 2.05) is 0 Å². The topological polar surface area (TPSA) is 76.2 Å². The van der Waals surface area contributed by atoms with Gasteiger partial charge in [0, 0.05) is 31.7 Å². The molecule has 1 amide bonds. The molecule has 26 heavy (non-hydrogen) atoms. The number of methoxy groups -OCH3 is 2. The van der Waals surface area contributed by atoms with Crippen LogP contribution in [-0.2, 0) is 10.0 Å². The van der Waals surface area contributed by atoms with E-state index in [-0.39, 0.29) is 11.2 Å². The highest BCUT2D eigenvalue weighted by Gasteiger charge is 2.36. The largest absolute Gasteiger partial charge is 0.493 e. The molecule has 0 bridgehead atoms. The summed E-state index contributed by atoms with van der Waals surface area (Å²) in [5.41, 5.74) is 0.509. The molecular weight excluding hydrogens is 356 g/mol. The van der Waals surface area contributed by atoms with Gasteiger partial charge in [-0.3, -0.25) is 4.79 Å². The van der Waals surface area contributed by atoms with Gasteiger partial charge < -0.3 is 14.4 Å². The molecule has 0 atom stereocenters. The summed E-state index contributed by atoms with van der Waals surface area (Å²) in [5.74, 6) is 0.946. The van der Waals surface area contributed by atoms with Crippen LogP contribution >= 0.6 is 0 Å². The van der Waals surface area contributed by atoms with Crippen LogP contribution in [0, 0.1) is 0 Å². The van der Waals surface area contributed by atoms with Crippen LogP contribution in [0.5, 0.6) is 11.5 Å². The summed E-state index contributed by atoms with van der Waals surface area (Å²) in [7, 11) is -0.165. The number of carbonyl (C=O) groups excluding carboxylic acids is 1. The molecule has 1 saturated carbocycles. The van der Waals surface area contributed by atoms with Crippen molar-refractivity contribution in [2.45, 2.75) is 30.9 Å². The second-order valence-electron chi connectivity index (χ2n) is 6.71. The van der Waals surface area contributed by atoms with Crippen LogP contribution in [0.3, 0.4) is 0 Å². The number of nitrogens with zero attached hydrogens (tertiary/aromatic N) is 2. The highest BCUT2D eigenvalue weighted by molar-refractivity contribution is 7.89. The van der Waals surface area contributed by atoms with Crippen LogP contribution in [-0.4, -0.2) is 69.2 Å². The first-order valence-corrected chi connectivity index (χ1v) is 10.5. The Morgan fingerprint density at radius 3 is 2.19 bits per heavy atom. The molecule has 1 aromatic carbocycles. The van der Waals surface area contributed by atoms with E-state index in [4.69, 9.17) is 9.47 Å². The Balaban J connectivity index is 1.65. The monoisotopic (exact) mass is 382 g/mol. The lowest BCUT2D eigenvalue weighted by molar-refractivity contribution is 0.0697. The van der Waals surface area contributed by atoms with Crippen molar-refractivity contribution >= 4 is 15.9 Å². The average molecular weight is 382 g/mol. The highest BCUT2D eigenvalue weighted by Crippen LogP contribution is 2.29. The number of benzene rings is 1. The molecule has 0 unspecified atom stereocenters. The minimum Gasteiger partial charge on any atom is -0.493 e. The molecule has 0 spiro atoms. The molecule has 7 nitrogen and oxygen atoms in total. The fourth-order valence-corrected chi connectivity index (χ4v) is 5.72. The van der Waals surface area contributed by atoms with Crippen molar-refractivity contribution in [2.75, 3.05) is 40.4 Å². The number of ether oxygens (including phenoxy) is 2. The molecule has 2 fully saturated rings. The van der Waals surface area contributed by atoms with Gasteiger partial charge >= 0.3 is 0 Å². The fraction of sp³-hybridized carbons (Fsp3) is 0.611. The minimum atomic E-state index is -3.24. The predicted octanol–water partition coefficient (Wildman–Crippen LogP) is 1.73. The average Bonchev–Trinajstić information content (AvgIpc) is 3.22. The molecule has 0 radical (unpaired) electrons. The van der Waals surface area contributed by atoms with Crippen molar-refractivity contribution in [3.05, 3.63) is 23.8 Å². The first-order valence-electron chi connectivity index (χ1n) is 8.97. The van der Waals surface area contributed by atoms with E-state index in [9.17, 15) is 13.2 Å². The lowest BCUT2D eigenvalue weighted by Crippen LogP contribution is -2.52. The quantitative estimate of drug-likeness (QED) is 0.775. The minimum absolute atomic E-state index is 0.121. The third-order valence-electron chi connectivity index (χ3n) is 5.24. The van der Waals surface area contributed by atoms with Gasteiger partial charge in [-0.25, -0.2) is 8.42 Å². The van der Waals surface area contributed by atoms with Crippen LogP contribution in [0.25, 0.3) is 0 Å². The third-order valence-corrected chi connectivity index (χ3v) is 7.64. The smallest absolute Gasteiger partial charge is 0.254 e. The summed E-state index contributed by atoms with van der Waals surface area (Å²) in [6, 6.07) is 5.06. The molecule has 1 aliphatic carbocycles. The number of hydrogen-bond donors (Lipinski definition) is 0. The maximum absolute atomic E-state index is 12.7. The van der Waals surface area contributed by atoms with E-state index in [1.54, 1.807) is 34.5 Å². The summed E-state index contributed by atoms with van der Waals surface area (Å²) in [6.07, 6.45) is 3.49. The van der Waals surface area contributed by atoms with Crippen molar-refractivity contribution in [3.8, 4) is 11.5 Å². The molecule has 1 aliphatic heterocycles. The Labute approximate surface area is 154 Å². The molecule has 0 aromatic heterocycles. The van der Waals surface area contributed by atoms with Crippen LogP contribution in [0.4, 0.5) is 0 Å². The van der Waals surface area contributed by atoms with Gasteiger partial charge in [-0.05, 0) is 31.0 Å². The van der Waals surface area contributed by atoms with E-state index in [0.29, 0.717) is 43.2 Å². The molecule has 1 saturated heterocycles. The zero-order valence-electron chi connectivity index (χ0n) is 15.3. The molecule has 2 aliphatic rings. The fourth-order valence-electron chi connectivity index (χ4n) is 3.69. The van der Waals surface area contributed by atoms with E-state index in [0.717, 1.165) is 25.7 Å². The Hall–Kier alpha value is -1.80. The Kier molecular flexibility index (Phi) is 5.72. The molecule has 0 N–H and O–H groups in total. The third kappa shape index (κ3) is 3.66. The zero-order chi connectivity index (χ0) is 18.7. The first-order chi connectivity index (χ1) is 12.5. The summed E-state index contributed by atoms with van der Waals surface area (Å²) < 4.78 is 37.4. The second kappa shape index (κ2) is 7.84. The van der Waals surface area contributed by atoms with Crippen LogP contribution in [0.15, 0.2) is 18.2 Å². The number of piperazine rings is 1. The molecule has 144 valence electrons. The van der Waals surface area contributed by atoms with Gasteiger partial charge in [-0.2, -0.15) is 4.31 Å². The number of carbonyl (C=O) groups is 1. The number of hydrogen-bond acceptors (Lipinski definition) is 5. The lowest BCUT2D eigenvalue weighted by atomic mass is 10.1. The van der Waals surface area contributed by atoms with Gasteiger partial charge in [0.25, 0.3) is 5.91 Å². The summed E-state index contributed by atoms with van der Waals surface area (Å²) in [6.45, 7) is 1.52. The second-order valence-corrected chi connectivity index (χ2v) is 8.93. The first kappa shape index (κ1) is 19.0. The summed E-state index contributed by atoms with van der Waals surface area (Å²) >= 11 is 0. The van der Waals surface area contributed by atoms with E-state index in [1.165, 1.54) is 7.11 Å². The Bertz CT molecular complexity index is 751.